The molecule has 0 saturated carbocycles. The van der Waals surface area contributed by atoms with Crippen LogP contribution in [0.4, 0.5) is 0 Å². The maximum Gasteiger partial charge on any atom is 0.164 e. The van der Waals surface area contributed by atoms with Gasteiger partial charge in [0.1, 0.15) is 11.4 Å². The second kappa shape index (κ2) is 13.1. The van der Waals surface area contributed by atoms with Crippen LogP contribution < -0.4 is 4.74 Å². The number of hydrogen-bond acceptors (Lipinski definition) is 5. The summed E-state index contributed by atoms with van der Waals surface area (Å²) in [6.07, 6.45) is 5.05. The van der Waals surface area contributed by atoms with Crippen molar-refractivity contribution in [2.45, 2.75) is 46.1 Å². The van der Waals surface area contributed by atoms with E-state index in [0.717, 1.165) is 11.4 Å². The van der Waals surface area contributed by atoms with E-state index in [1.165, 1.54) is 18.4 Å². The van der Waals surface area contributed by atoms with E-state index < -0.39 is 0 Å². The summed E-state index contributed by atoms with van der Waals surface area (Å²) in [5, 5.41) is 1.69. The zero-order chi connectivity index (χ0) is 20.9. The van der Waals surface area contributed by atoms with Crippen molar-refractivity contribution < 1.29 is 9.53 Å². The van der Waals surface area contributed by atoms with E-state index in [2.05, 4.69) is 28.4 Å². The monoisotopic (exact) mass is 416 g/mol. The SMILES string of the molecule is CC.CC(=O)c1ccccc1OC(C)=S.CCCSc1cccc2nccn12. The Balaban J connectivity index is 0.000000257. The molecular weight excluding hydrogens is 388 g/mol. The van der Waals surface area contributed by atoms with Gasteiger partial charge in [0.05, 0.1) is 10.6 Å². The molecule has 1 aromatic carbocycles. The summed E-state index contributed by atoms with van der Waals surface area (Å²) in [5.41, 5.74) is 1.59. The van der Waals surface area contributed by atoms with E-state index in [1.807, 2.05) is 44.1 Å². The van der Waals surface area contributed by atoms with E-state index in [-0.39, 0.29) is 5.78 Å². The number of hydrogen-bond donors (Lipinski definition) is 0. The number of rotatable bonds is 5. The summed E-state index contributed by atoms with van der Waals surface area (Å²) < 4.78 is 7.34. The van der Waals surface area contributed by atoms with Crippen molar-refractivity contribution in [1.82, 2.24) is 9.38 Å². The topological polar surface area (TPSA) is 43.6 Å². The first-order valence-electron chi connectivity index (χ1n) is 9.36. The van der Waals surface area contributed by atoms with Gasteiger partial charge in [-0.2, -0.15) is 0 Å². The molecule has 3 rings (SSSR count). The number of thiocarbonyl (C=S) groups is 1. The van der Waals surface area contributed by atoms with Gasteiger partial charge in [-0.05, 0) is 55.6 Å². The highest BCUT2D eigenvalue weighted by atomic mass is 32.2. The molecule has 6 heteroatoms. The van der Waals surface area contributed by atoms with Gasteiger partial charge in [-0.15, -0.1) is 11.8 Å². The number of carbonyl (C=O) groups is 1. The van der Waals surface area contributed by atoms with Gasteiger partial charge in [0.25, 0.3) is 0 Å². The molecular formula is C22H28N2O2S2. The third-order valence-electron chi connectivity index (χ3n) is 3.37. The number of aromatic nitrogens is 2. The molecule has 0 bridgehead atoms. The van der Waals surface area contributed by atoms with E-state index in [9.17, 15) is 4.79 Å². The number of fused-ring (bicyclic) bond motifs is 1. The van der Waals surface area contributed by atoms with Gasteiger partial charge in [0.15, 0.2) is 10.8 Å². The highest BCUT2D eigenvalue weighted by Crippen LogP contribution is 2.20. The highest BCUT2D eigenvalue weighted by molar-refractivity contribution is 7.99. The normalized spacial score (nSPS) is 9.61. The van der Waals surface area contributed by atoms with Crippen LogP contribution in [0.2, 0.25) is 0 Å². The van der Waals surface area contributed by atoms with Crippen molar-refractivity contribution in [2.24, 2.45) is 0 Å². The van der Waals surface area contributed by atoms with Gasteiger partial charge in [0.2, 0.25) is 0 Å². The van der Waals surface area contributed by atoms with E-state index in [4.69, 9.17) is 17.0 Å². The van der Waals surface area contributed by atoms with Crippen LogP contribution in [0, 0.1) is 0 Å². The molecule has 4 nitrogen and oxygen atoms in total. The third-order valence-corrected chi connectivity index (χ3v) is 4.69. The summed E-state index contributed by atoms with van der Waals surface area (Å²) in [4.78, 5) is 15.4. The largest absolute Gasteiger partial charge is 0.450 e. The number of carbonyl (C=O) groups excluding carboxylic acids is 1. The Hall–Kier alpha value is -2.18. The minimum absolute atomic E-state index is 0.0214. The summed E-state index contributed by atoms with van der Waals surface area (Å²) in [5.74, 6) is 1.67. The number of nitrogens with zero attached hydrogens (tertiary/aromatic N) is 2. The number of ether oxygens (including phenoxy) is 1. The van der Waals surface area contributed by atoms with Crippen LogP contribution in [-0.2, 0) is 0 Å². The number of benzene rings is 1. The maximum atomic E-state index is 11.1. The lowest BCUT2D eigenvalue weighted by Gasteiger charge is -2.06. The first-order valence-corrected chi connectivity index (χ1v) is 10.8. The summed E-state index contributed by atoms with van der Waals surface area (Å²) in [7, 11) is 0. The van der Waals surface area contributed by atoms with Crippen LogP contribution in [0.15, 0.2) is 59.9 Å². The first kappa shape index (κ1) is 23.9. The maximum absolute atomic E-state index is 11.1. The van der Waals surface area contributed by atoms with Gasteiger partial charge in [-0.25, -0.2) is 4.98 Å². The number of Topliss-reactive ketones (excluding diaryl/α,β-unsaturated/α-hetero) is 1. The molecule has 0 aliphatic carbocycles. The molecule has 150 valence electrons. The smallest absolute Gasteiger partial charge is 0.164 e. The van der Waals surface area contributed by atoms with Gasteiger partial charge < -0.3 is 4.74 Å². The van der Waals surface area contributed by atoms with Crippen LogP contribution in [0.3, 0.4) is 0 Å². The minimum Gasteiger partial charge on any atom is -0.450 e. The molecule has 0 spiro atoms. The van der Waals surface area contributed by atoms with Crippen molar-refractivity contribution in [3.05, 3.63) is 60.4 Å². The van der Waals surface area contributed by atoms with Crippen LogP contribution in [0.25, 0.3) is 5.65 Å². The Morgan fingerprint density at radius 3 is 2.50 bits per heavy atom. The summed E-state index contributed by atoms with van der Waals surface area (Å²) >= 11 is 6.67. The molecule has 2 aromatic heterocycles. The number of imidazole rings is 1. The number of thioether (sulfide) groups is 1. The van der Waals surface area contributed by atoms with Crippen molar-refractivity contribution in [3.63, 3.8) is 0 Å². The molecule has 28 heavy (non-hydrogen) atoms. The average Bonchev–Trinajstić information content (AvgIpc) is 3.18. The van der Waals surface area contributed by atoms with Crippen LogP contribution in [0.5, 0.6) is 5.75 Å². The molecule has 0 aliphatic rings. The Morgan fingerprint density at radius 1 is 1.14 bits per heavy atom. The predicted molar refractivity (Wildman–Crippen MR) is 123 cm³/mol. The lowest BCUT2D eigenvalue weighted by Crippen LogP contribution is -2.03. The zero-order valence-electron chi connectivity index (χ0n) is 17.1. The molecule has 0 atom stereocenters. The molecule has 3 aromatic rings. The molecule has 0 saturated heterocycles. The fourth-order valence-corrected chi connectivity index (χ4v) is 3.22. The zero-order valence-corrected chi connectivity index (χ0v) is 18.8. The predicted octanol–water partition coefficient (Wildman–Crippen LogP) is 6.48. The van der Waals surface area contributed by atoms with Crippen molar-refractivity contribution >= 4 is 40.5 Å². The molecule has 0 unspecified atom stereocenters. The fraction of sp³-hybridized carbons (Fsp3) is 0.318. The van der Waals surface area contributed by atoms with Crippen LogP contribution >= 0.6 is 24.0 Å². The van der Waals surface area contributed by atoms with Crippen molar-refractivity contribution in [2.75, 3.05) is 5.75 Å². The van der Waals surface area contributed by atoms with Gasteiger partial charge in [0, 0.05) is 19.3 Å². The summed E-state index contributed by atoms with van der Waals surface area (Å²) in [6.45, 7) is 9.37. The number of para-hydroxylation sites is 1. The molecule has 0 radical (unpaired) electrons. The van der Waals surface area contributed by atoms with Crippen LogP contribution in [0.1, 0.15) is 51.4 Å². The fourth-order valence-electron chi connectivity index (χ4n) is 2.25. The lowest BCUT2D eigenvalue weighted by molar-refractivity contribution is 0.101. The van der Waals surface area contributed by atoms with Crippen molar-refractivity contribution in [1.29, 1.82) is 0 Å². The van der Waals surface area contributed by atoms with Gasteiger partial charge in [-0.3, -0.25) is 9.20 Å². The Bertz CT molecular complexity index is 891. The Kier molecular flexibility index (Phi) is 11.1. The Labute approximate surface area is 177 Å². The average molecular weight is 417 g/mol. The number of pyridine rings is 1. The first-order chi connectivity index (χ1) is 13.5. The number of ketones is 1. The third kappa shape index (κ3) is 7.44. The quantitative estimate of drug-likeness (QED) is 0.271. The Morgan fingerprint density at radius 2 is 1.86 bits per heavy atom. The van der Waals surface area contributed by atoms with Crippen LogP contribution in [-0.4, -0.2) is 26.0 Å². The molecule has 0 aliphatic heterocycles. The van der Waals surface area contributed by atoms with Crippen molar-refractivity contribution in [3.8, 4) is 5.75 Å². The molecule has 2 heterocycles. The molecule has 0 fully saturated rings. The van der Waals surface area contributed by atoms with E-state index in [1.54, 1.807) is 31.2 Å². The second-order valence-electron chi connectivity index (χ2n) is 5.51. The highest BCUT2D eigenvalue weighted by Gasteiger charge is 2.07. The summed E-state index contributed by atoms with van der Waals surface area (Å²) in [6, 6.07) is 13.3. The molecule has 0 N–H and O–H groups in total. The molecule has 0 amide bonds. The minimum atomic E-state index is -0.0214. The second-order valence-corrected chi connectivity index (χ2v) is 7.20. The standard InChI is InChI=1S/C10H12N2S.C10H10O2S.C2H6/c1-2-8-13-10-5-3-4-9-11-6-7-12(9)10;1-7(11)9-5-3-4-6-10(9)12-8(2)13;1-2/h3-7H,2,8H2,1H3;3-6H,1-2H3;1-2H3. The van der Waals surface area contributed by atoms with Gasteiger partial charge in [-0.1, -0.05) is 39.0 Å². The van der Waals surface area contributed by atoms with E-state index in [0.29, 0.717) is 16.4 Å². The lowest BCUT2D eigenvalue weighted by atomic mass is 10.1. The van der Waals surface area contributed by atoms with E-state index >= 15 is 0 Å². The van der Waals surface area contributed by atoms with Gasteiger partial charge >= 0.3 is 0 Å².